The summed E-state index contributed by atoms with van der Waals surface area (Å²) < 4.78 is 27.3. The zero-order valence-electron chi connectivity index (χ0n) is 14.8. The SMILES string of the molecule is COc1c(C)c(CCC2OC[C@@H](O)[C@H]2O)c(OC)c(OC)c1OC. The average molecular weight is 342 g/mol. The summed E-state index contributed by atoms with van der Waals surface area (Å²) in [5.41, 5.74) is 1.77. The van der Waals surface area contributed by atoms with Crippen LogP contribution in [0.3, 0.4) is 0 Å². The van der Waals surface area contributed by atoms with Gasteiger partial charge in [-0.1, -0.05) is 0 Å². The van der Waals surface area contributed by atoms with Gasteiger partial charge in [0.05, 0.1) is 41.2 Å². The lowest BCUT2D eigenvalue weighted by molar-refractivity contribution is 0.0196. The summed E-state index contributed by atoms with van der Waals surface area (Å²) in [5.74, 6) is 2.09. The molecule has 1 fully saturated rings. The molecule has 1 aliphatic rings. The van der Waals surface area contributed by atoms with Crippen LogP contribution in [0.5, 0.6) is 23.0 Å². The number of aliphatic hydroxyl groups excluding tert-OH is 2. The van der Waals surface area contributed by atoms with Crippen LogP contribution in [0.4, 0.5) is 0 Å². The highest BCUT2D eigenvalue weighted by Crippen LogP contribution is 2.49. The molecule has 0 bridgehead atoms. The fourth-order valence-corrected chi connectivity index (χ4v) is 3.16. The molecule has 1 aromatic rings. The molecule has 2 N–H and O–H groups in total. The summed E-state index contributed by atoms with van der Waals surface area (Å²) in [6.45, 7) is 2.07. The Hall–Kier alpha value is -1.70. The minimum atomic E-state index is -0.877. The van der Waals surface area contributed by atoms with Gasteiger partial charge in [-0.2, -0.15) is 0 Å². The molecule has 3 atom stereocenters. The van der Waals surface area contributed by atoms with E-state index in [4.69, 9.17) is 23.7 Å². The topological polar surface area (TPSA) is 86.6 Å². The van der Waals surface area contributed by atoms with Crippen LogP contribution in [0, 0.1) is 6.92 Å². The van der Waals surface area contributed by atoms with E-state index in [9.17, 15) is 10.2 Å². The number of rotatable bonds is 7. The molecule has 136 valence electrons. The Balaban J connectivity index is 2.37. The monoisotopic (exact) mass is 342 g/mol. The lowest BCUT2D eigenvalue weighted by Crippen LogP contribution is -2.30. The van der Waals surface area contributed by atoms with E-state index in [0.717, 1.165) is 11.1 Å². The Kier molecular flexibility index (Phi) is 6.15. The Bertz CT molecular complexity index is 573. The molecule has 24 heavy (non-hydrogen) atoms. The van der Waals surface area contributed by atoms with E-state index in [-0.39, 0.29) is 6.61 Å². The molecule has 1 aliphatic heterocycles. The van der Waals surface area contributed by atoms with Crippen molar-refractivity contribution in [3.05, 3.63) is 11.1 Å². The maximum Gasteiger partial charge on any atom is 0.207 e. The molecule has 0 amide bonds. The van der Waals surface area contributed by atoms with Crippen LogP contribution in [-0.2, 0) is 11.2 Å². The van der Waals surface area contributed by atoms with Crippen molar-refractivity contribution in [2.24, 2.45) is 0 Å². The van der Waals surface area contributed by atoms with Crippen molar-refractivity contribution in [3.8, 4) is 23.0 Å². The second-order valence-electron chi connectivity index (χ2n) is 5.70. The van der Waals surface area contributed by atoms with Crippen LogP contribution >= 0.6 is 0 Å². The standard InChI is InChI=1S/C17H26O7/c1-9-10(6-7-12-13(19)11(18)8-24-12)15(21-3)17(23-5)16(22-4)14(9)20-2/h11-13,18-19H,6-8H2,1-5H3/t11-,12?,13-/m1/s1. The third-order valence-corrected chi connectivity index (χ3v) is 4.44. The number of hydrogen-bond donors (Lipinski definition) is 2. The van der Waals surface area contributed by atoms with Crippen molar-refractivity contribution in [3.63, 3.8) is 0 Å². The number of hydrogen-bond acceptors (Lipinski definition) is 7. The molecule has 7 nitrogen and oxygen atoms in total. The fraction of sp³-hybridized carbons (Fsp3) is 0.647. The quantitative estimate of drug-likeness (QED) is 0.767. The van der Waals surface area contributed by atoms with Crippen LogP contribution in [0.15, 0.2) is 0 Å². The summed E-state index contributed by atoms with van der Waals surface area (Å²) in [4.78, 5) is 0. The van der Waals surface area contributed by atoms with Crippen LogP contribution in [0.1, 0.15) is 17.5 Å². The molecule has 0 spiro atoms. The molecule has 0 radical (unpaired) electrons. The van der Waals surface area contributed by atoms with Crippen molar-refractivity contribution in [1.29, 1.82) is 0 Å². The zero-order valence-corrected chi connectivity index (χ0v) is 14.8. The maximum absolute atomic E-state index is 9.94. The molecule has 1 saturated heterocycles. The number of ether oxygens (including phenoxy) is 5. The highest BCUT2D eigenvalue weighted by atomic mass is 16.5. The summed E-state index contributed by atoms with van der Waals surface area (Å²) in [6, 6.07) is 0. The van der Waals surface area contributed by atoms with Gasteiger partial charge in [-0.3, -0.25) is 0 Å². The first-order valence-electron chi connectivity index (χ1n) is 7.83. The molecular formula is C17H26O7. The molecule has 0 aromatic heterocycles. The zero-order chi connectivity index (χ0) is 17.9. The lowest BCUT2D eigenvalue weighted by Gasteiger charge is -2.22. The van der Waals surface area contributed by atoms with Gasteiger partial charge in [-0.25, -0.2) is 0 Å². The molecule has 1 unspecified atom stereocenters. The predicted molar refractivity (Wildman–Crippen MR) is 87.5 cm³/mol. The fourth-order valence-electron chi connectivity index (χ4n) is 3.16. The summed E-state index contributed by atoms with van der Waals surface area (Å²) in [7, 11) is 6.22. The first-order valence-corrected chi connectivity index (χ1v) is 7.83. The van der Waals surface area contributed by atoms with Crippen LogP contribution in [-0.4, -0.2) is 63.6 Å². The number of benzene rings is 1. The lowest BCUT2D eigenvalue weighted by atomic mass is 9.96. The summed E-state index contributed by atoms with van der Waals surface area (Å²) >= 11 is 0. The molecule has 1 aromatic carbocycles. The second-order valence-corrected chi connectivity index (χ2v) is 5.70. The Morgan fingerprint density at radius 3 is 1.92 bits per heavy atom. The first kappa shape index (κ1) is 18.6. The van der Waals surface area contributed by atoms with Gasteiger partial charge in [0.15, 0.2) is 11.5 Å². The van der Waals surface area contributed by atoms with Crippen molar-refractivity contribution >= 4 is 0 Å². The van der Waals surface area contributed by atoms with Crippen molar-refractivity contribution in [1.82, 2.24) is 0 Å². The van der Waals surface area contributed by atoms with E-state index in [1.54, 1.807) is 28.4 Å². The van der Waals surface area contributed by atoms with Gasteiger partial charge in [0, 0.05) is 11.1 Å². The first-order chi connectivity index (χ1) is 11.5. The van der Waals surface area contributed by atoms with Gasteiger partial charge in [0.2, 0.25) is 11.5 Å². The van der Waals surface area contributed by atoms with Crippen molar-refractivity contribution in [2.45, 2.75) is 38.1 Å². The highest BCUT2D eigenvalue weighted by Gasteiger charge is 2.35. The Morgan fingerprint density at radius 1 is 0.917 bits per heavy atom. The maximum atomic E-state index is 9.94. The molecule has 2 rings (SSSR count). The summed E-state index contributed by atoms with van der Waals surface area (Å²) in [5, 5.41) is 19.5. The average Bonchev–Trinajstić information content (AvgIpc) is 2.91. The number of aliphatic hydroxyl groups is 2. The van der Waals surface area contributed by atoms with E-state index >= 15 is 0 Å². The highest BCUT2D eigenvalue weighted by molar-refractivity contribution is 5.66. The largest absolute Gasteiger partial charge is 0.492 e. The van der Waals surface area contributed by atoms with E-state index < -0.39 is 18.3 Å². The second kappa shape index (κ2) is 7.92. The Morgan fingerprint density at radius 2 is 1.46 bits per heavy atom. The third-order valence-electron chi connectivity index (χ3n) is 4.44. The van der Waals surface area contributed by atoms with Crippen molar-refractivity contribution < 1.29 is 33.9 Å². The van der Waals surface area contributed by atoms with Crippen LogP contribution in [0.2, 0.25) is 0 Å². The molecule has 0 aliphatic carbocycles. The van der Waals surface area contributed by atoms with Crippen LogP contribution < -0.4 is 18.9 Å². The minimum Gasteiger partial charge on any atom is -0.492 e. The summed E-state index contributed by atoms with van der Waals surface area (Å²) in [6.07, 6.45) is -1.02. The normalized spacial score (nSPS) is 23.2. The van der Waals surface area contributed by atoms with Gasteiger partial charge in [0.1, 0.15) is 12.2 Å². The molecule has 7 heteroatoms. The van der Waals surface area contributed by atoms with E-state index in [2.05, 4.69) is 0 Å². The van der Waals surface area contributed by atoms with Crippen LogP contribution in [0.25, 0.3) is 0 Å². The Labute approximate surface area is 142 Å². The van der Waals surface area contributed by atoms with Gasteiger partial charge in [-0.05, 0) is 19.8 Å². The van der Waals surface area contributed by atoms with Crippen molar-refractivity contribution in [2.75, 3.05) is 35.0 Å². The molecule has 1 heterocycles. The minimum absolute atomic E-state index is 0.150. The third kappa shape index (κ3) is 3.24. The van der Waals surface area contributed by atoms with Gasteiger partial charge < -0.3 is 33.9 Å². The van der Waals surface area contributed by atoms with Gasteiger partial charge in [0.25, 0.3) is 0 Å². The van der Waals surface area contributed by atoms with Gasteiger partial charge >= 0.3 is 0 Å². The molecular weight excluding hydrogens is 316 g/mol. The van der Waals surface area contributed by atoms with E-state index in [0.29, 0.717) is 35.8 Å². The van der Waals surface area contributed by atoms with E-state index in [1.807, 2.05) is 6.92 Å². The van der Waals surface area contributed by atoms with E-state index in [1.165, 1.54) is 0 Å². The smallest absolute Gasteiger partial charge is 0.207 e. The molecule has 0 saturated carbocycles. The number of methoxy groups -OCH3 is 4. The predicted octanol–water partition coefficient (Wildman–Crippen LogP) is 1.08. The van der Waals surface area contributed by atoms with Gasteiger partial charge in [-0.15, -0.1) is 0 Å².